The van der Waals surface area contributed by atoms with Crippen molar-refractivity contribution < 1.29 is 15.0 Å². The molecule has 0 saturated carbocycles. The third kappa shape index (κ3) is 82.0. The van der Waals surface area contributed by atoms with Gasteiger partial charge in [0.15, 0.2) is 0 Å². The zero-order valence-corrected chi connectivity index (χ0v) is 6.44. The van der Waals surface area contributed by atoms with Gasteiger partial charge in [-0.15, -0.1) is 0 Å². The smallest absolute Gasteiger partial charge is 0.300 e. The number of carboxylic acids is 1. The fourth-order valence-electron chi connectivity index (χ4n) is 0.0913. The van der Waals surface area contributed by atoms with Crippen LogP contribution in [0.1, 0.15) is 6.92 Å². The molecule has 3 nitrogen and oxygen atoms in total. The van der Waals surface area contributed by atoms with E-state index in [9.17, 15) is 0 Å². The molecule has 0 aromatic heterocycles. The number of aliphatic hydroxyl groups excluding tert-OH is 1. The van der Waals surface area contributed by atoms with Gasteiger partial charge in [-0.3, -0.25) is 4.79 Å². The Kier molecular flexibility index (Phi) is 13.8. The second kappa shape index (κ2) is 10.7. The zero-order valence-electron chi connectivity index (χ0n) is 5.63. The lowest BCUT2D eigenvalue weighted by molar-refractivity contribution is -0.134. The van der Waals surface area contributed by atoms with Crippen LogP contribution in [0.15, 0.2) is 0 Å². The largest absolute Gasteiger partial charge is 0.481 e. The molecule has 0 unspecified atom stereocenters. The molecular weight excluding hydrogens is 140 g/mol. The number of hydrogen-bond acceptors (Lipinski definition) is 3. The first-order chi connectivity index (χ1) is 4.15. The first-order valence-electron chi connectivity index (χ1n) is 2.44. The topological polar surface area (TPSA) is 57.5 Å². The van der Waals surface area contributed by atoms with E-state index in [2.05, 4.69) is 0 Å². The van der Waals surface area contributed by atoms with Gasteiger partial charge in [-0.05, 0) is 6.26 Å². The summed E-state index contributed by atoms with van der Waals surface area (Å²) in [5.74, 6) is 0.0278. The first kappa shape index (κ1) is 11.6. The number of aliphatic carboxylic acids is 1. The fraction of sp³-hybridized carbons (Fsp3) is 0.800. The lowest BCUT2D eigenvalue weighted by Crippen LogP contribution is -1.81. The Balaban J connectivity index is 0. The molecule has 9 heavy (non-hydrogen) atoms. The second-order valence-electron chi connectivity index (χ2n) is 1.24. The van der Waals surface area contributed by atoms with Crippen molar-refractivity contribution in [2.24, 2.45) is 0 Å². The summed E-state index contributed by atoms with van der Waals surface area (Å²) in [6.45, 7) is 1.39. The number of carbonyl (C=O) groups is 1. The monoisotopic (exact) mass is 152 g/mol. The van der Waals surface area contributed by atoms with Gasteiger partial charge in [0.25, 0.3) is 5.97 Å². The second-order valence-corrected chi connectivity index (χ2v) is 2.22. The first-order valence-corrected chi connectivity index (χ1v) is 3.83. The molecule has 0 amide bonds. The predicted octanol–water partition coefficient (Wildman–Crippen LogP) is 0.433. The molecule has 0 saturated heterocycles. The molecular formula is C5H12O3S. The maximum atomic E-state index is 9.00. The summed E-state index contributed by atoms with van der Waals surface area (Å²) in [6, 6.07) is 0. The number of thioether (sulfide) groups is 1. The molecule has 0 aliphatic heterocycles. The van der Waals surface area contributed by atoms with Crippen LogP contribution in [0.4, 0.5) is 0 Å². The summed E-state index contributed by atoms with van der Waals surface area (Å²) in [4.78, 5) is 9.00. The third-order valence-electron chi connectivity index (χ3n) is 0.295. The summed E-state index contributed by atoms with van der Waals surface area (Å²) in [6.07, 6.45) is 1.97. The number of rotatable bonds is 2. The lowest BCUT2D eigenvalue weighted by Gasteiger charge is -1.80. The molecule has 0 bridgehead atoms. The van der Waals surface area contributed by atoms with Crippen LogP contribution in [0.5, 0.6) is 0 Å². The van der Waals surface area contributed by atoms with Gasteiger partial charge < -0.3 is 10.2 Å². The van der Waals surface area contributed by atoms with Gasteiger partial charge >= 0.3 is 0 Å². The lowest BCUT2D eigenvalue weighted by atomic mass is 10.9. The van der Waals surface area contributed by atoms with Crippen molar-refractivity contribution in [1.82, 2.24) is 0 Å². The van der Waals surface area contributed by atoms with Gasteiger partial charge in [0.05, 0.1) is 6.61 Å². The van der Waals surface area contributed by atoms with E-state index in [0.29, 0.717) is 6.61 Å². The molecule has 0 aliphatic rings. The zero-order chi connectivity index (χ0) is 7.70. The van der Waals surface area contributed by atoms with E-state index in [1.54, 1.807) is 11.8 Å². The Morgan fingerprint density at radius 1 is 1.67 bits per heavy atom. The quantitative estimate of drug-likeness (QED) is 0.602. The molecule has 0 fully saturated rings. The normalized spacial score (nSPS) is 7.44. The van der Waals surface area contributed by atoms with Crippen LogP contribution >= 0.6 is 11.8 Å². The van der Waals surface area contributed by atoms with Crippen LogP contribution in [0, 0.1) is 0 Å². The van der Waals surface area contributed by atoms with Crippen LogP contribution < -0.4 is 0 Å². The molecule has 0 aliphatic carbocycles. The van der Waals surface area contributed by atoms with Crippen LogP contribution in [0.2, 0.25) is 0 Å². The molecule has 0 radical (unpaired) electrons. The molecule has 2 N–H and O–H groups in total. The summed E-state index contributed by atoms with van der Waals surface area (Å²) in [7, 11) is 0. The standard InChI is InChI=1S/C3H8OS.C2H4O2/c1-5-3-2-4;1-2(3)4/h4H,2-3H2,1H3;1H3,(H,3,4). The van der Waals surface area contributed by atoms with E-state index < -0.39 is 5.97 Å². The highest BCUT2D eigenvalue weighted by atomic mass is 32.2. The summed E-state index contributed by atoms with van der Waals surface area (Å²) >= 11 is 1.65. The van der Waals surface area contributed by atoms with Crippen molar-refractivity contribution >= 4 is 17.7 Å². The maximum absolute atomic E-state index is 9.00. The number of aliphatic hydroxyl groups is 1. The third-order valence-corrected chi connectivity index (χ3v) is 0.886. The van der Waals surface area contributed by atoms with Crippen LogP contribution in [0.25, 0.3) is 0 Å². The number of hydrogen-bond donors (Lipinski definition) is 2. The van der Waals surface area contributed by atoms with Crippen LogP contribution in [-0.4, -0.2) is 34.8 Å². The predicted molar refractivity (Wildman–Crippen MR) is 38.8 cm³/mol. The Labute approximate surface area is 59.1 Å². The van der Waals surface area contributed by atoms with E-state index >= 15 is 0 Å². The minimum atomic E-state index is -0.833. The summed E-state index contributed by atoms with van der Waals surface area (Å²) in [5.41, 5.74) is 0. The van der Waals surface area contributed by atoms with Gasteiger partial charge in [0.2, 0.25) is 0 Å². The summed E-state index contributed by atoms with van der Waals surface area (Å²) < 4.78 is 0. The highest BCUT2D eigenvalue weighted by molar-refractivity contribution is 7.98. The van der Waals surface area contributed by atoms with Gasteiger partial charge in [-0.2, -0.15) is 11.8 Å². The van der Waals surface area contributed by atoms with Gasteiger partial charge in [0.1, 0.15) is 0 Å². The highest BCUT2D eigenvalue weighted by Crippen LogP contribution is 1.85. The Morgan fingerprint density at radius 3 is 2.00 bits per heavy atom. The average Bonchev–Trinajstić information content (AvgIpc) is 1.66. The fourth-order valence-corrected chi connectivity index (χ4v) is 0.274. The molecule has 0 aromatic rings. The molecule has 0 atom stereocenters. The van der Waals surface area contributed by atoms with E-state index in [4.69, 9.17) is 15.0 Å². The van der Waals surface area contributed by atoms with E-state index in [1.807, 2.05) is 6.26 Å². The minimum absolute atomic E-state index is 0.307. The van der Waals surface area contributed by atoms with E-state index in [-0.39, 0.29) is 0 Å². The van der Waals surface area contributed by atoms with Crippen molar-refractivity contribution in [2.45, 2.75) is 6.92 Å². The molecule has 0 spiro atoms. The van der Waals surface area contributed by atoms with E-state index in [1.165, 1.54) is 0 Å². The Morgan fingerprint density at radius 2 is 2.00 bits per heavy atom. The molecule has 4 heteroatoms. The van der Waals surface area contributed by atoms with Crippen molar-refractivity contribution in [2.75, 3.05) is 18.6 Å². The molecule has 56 valence electrons. The van der Waals surface area contributed by atoms with Crippen LogP contribution in [0.3, 0.4) is 0 Å². The average molecular weight is 152 g/mol. The van der Waals surface area contributed by atoms with E-state index in [0.717, 1.165) is 12.7 Å². The Bertz CT molecular complexity index is 59.2. The SMILES string of the molecule is CC(=O)O.CSCCO. The van der Waals surface area contributed by atoms with Gasteiger partial charge in [-0.1, -0.05) is 0 Å². The number of carboxylic acid groups (broad SMARTS) is 1. The molecule has 0 rings (SSSR count). The van der Waals surface area contributed by atoms with Crippen molar-refractivity contribution in [3.05, 3.63) is 0 Å². The van der Waals surface area contributed by atoms with Gasteiger partial charge in [-0.25, -0.2) is 0 Å². The molecule has 0 aromatic carbocycles. The minimum Gasteiger partial charge on any atom is -0.481 e. The highest BCUT2D eigenvalue weighted by Gasteiger charge is 1.68. The van der Waals surface area contributed by atoms with Crippen molar-refractivity contribution in [3.63, 3.8) is 0 Å². The van der Waals surface area contributed by atoms with Crippen molar-refractivity contribution in [1.29, 1.82) is 0 Å². The molecule has 0 heterocycles. The van der Waals surface area contributed by atoms with Gasteiger partial charge in [0, 0.05) is 12.7 Å². The summed E-state index contributed by atoms with van der Waals surface area (Å²) in [5, 5.41) is 15.5. The Hall–Kier alpha value is -0.220. The van der Waals surface area contributed by atoms with Crippen molar-refractivity contribution in [3.8, 4) is 0 Å². The van der Waals surface area contributed by atoms with Crippen LogP contribution in [-0.2, 0) is 4.79 Å². The maximum Gasteiger partial charge on any atom is 0.300 e.